The fraction of sp³-hybridized carbons (Fsp3) is 1.00. The van der Waals surface area contributed by atoms with Crippen LogP contribution in [0.25, 0.3) is 0 Å². The quantitative estimate of drug-likeness (QED) is 0.660. The summed E-state index contributed by atoms with van der Waals surface area (Å²) in [5.41, 5.74) is 0.601. The second kappa shape index (κ2) is 3.14. The Balaban J connectivity index is 2.36. The maximum atomic E-state index is 3.52. The van der Waals surface area contributed by atoms with E-state index in [2.05, 4.69) is 33.0 Å². The Labute approximate surface area is 70.6 Å². The van der Waals surface area contributed by atoms with Crippen LogP contribution < -0.4 is 5.32 Å². The number of rotatable bonds is 3. The van der Waals surface area contributed by atoms with Gasteiger partial charge in [0.2, 0.25) is 0 Å². The standard InChI is InChI=1S/C10H21N/c1-5-10(4)7-11-9(10)6-8(2)3/h8-9,11H,5-7H2,1-4H3. The molecule has 0 aromatic heterocycles. The van der Waals surface area contributed by atoms with E-state index in [0.29, 0.717) is 5.41 Å². The van der Waals surface area contributed by atoms with Gasteiger partial charge in [0.25, 0.3) is 0 Å². The Morgan fingerprint density at radius 2 is 2.18 bits per heavy atom. The van der Waals surface area contributed by atoms with Crippen LogP contribution in [0.15, 0.2) is 0 Å². The largest absolute Gasteiger partial charge is 0.313 e. The first kappa shape index (κ1) is 9.05. The number of hydrogen-bond donors (Lipinski definition) is 1. The van der Waals surface area contributed by atoms with E-state index >= 15 is 0 Å². The van der Waals surface area contributed by atoms with Crippen LogP contribution in [0.5, 0.6) is 0 Å². The van der Waals surface area contributed by atoms with E-state index in [-0.39, 0.29) is 0 Å². The smallest absolute Gasteiger partial charge is 0.0136 e. The van der Waals surface area contributed by atoms with Gasteiger partial charge in [0.1, 0.15) is 0 Å². The van der Waals surface area contributed by atoms with Crippen molar-refractivity contribution >= 4 is 0 Å². The fourth-order valence-corrected chi connectivity index (χ4v) is 1.81. The van der Waals surface area contributed by atoms with Gasteiger partial charge in [0.05, 0.1) is 0 Å². The minimum absolute atomic E-state index is 0.601. The zero-order valence-corrected chi connectivity index (χ0v) is 8.28. The number of hydrogen-bond acceptors (Lipinski definition) is 1. The summed E-state index contributed by atoms with van der Waals surface area (Å²) in [4.78, 5) is 0. The molecule has 0 spiro atoms. The van der Waals surface area contributed by atoms with E-state index in [1.165, 1.54) is 19.4 Å². The molecule has 1 heteroatoms. The molecule has 1 saturated heterocycles. The average Bonchev–Trinajstić information content (AvgIpc) is 1.96. The molecule has 1 heterocycles. The summed E-state index contributed by atoms with van der Waals surface area (Å²) in [5.74, 6) is 0.832. The highest BCUT2D eigenvalue weighted by molar-refractivity contribution is 4.97. The van der Waals surface area contributed by atoms with Gasteiger partial charge < -0.3 is 5.32 Å². The van der Waals surface area contributed by atoms with Crippen molar-refractivity contribution in [1.82, 2.24) is 5.32 Å². The lowest BCUT2D eigenvalue weighted by molar-refractivity contribution is 0.0818. The lowest BCUT2D eigenvalue weighted by atomic mass is 9.70. The Kier molecular flexibility index (Phi) is 2.58. The first-order valence-corrected chi connectivity index (χ1v) is 4.82. The van der Waals surface area contributed by atoms with Crippen molar-refractivity contribution in [3.05, 3.63) is 0 Å². The molecular formula is C10H21N. The molecule has 1 aliphatic heterocycles. The normalized spacial score (nSPS) is 37.4. The summed E-state index contributed by atoms with van der Waals surface area (Å²) < 4.78 is 0. The van der Waals surface area contributed by atoms with Gasteiger partial charge in [0, 0.05) is 12.6 Å². The van der Waals surface area contributed by atoms with E-state index in [4.69, 9.17) is 0 Å². The van der Waals surface area contributed by atoms with Crippen molar-refractivity contribution in [2.75, 3.05) is 6.54 Å². The summed E-state index contributed by atoms with van der Waals surface area (Å²) in [7, 11) is 0. The van der Waals surface area contributed by atoms with Crippen LogP contribution in [0.1, 0.15) is 40.5 Å². The molecule has 0 amide bonds. The Morgan fingerprint density at radius 3 is 2.45 bits per heavy atom. The highest BCUT2D eigenvalue weighted by atomic mass is 15.0. The topological polar surface area (TPSA) is 12.0 Å². The summed E-state index contributed by atoms with van der Waals surface area (Å²) in [6.07, 6.45) is 2.65. The SMILES string of the molecule is CCC1(C)CNC1CC(C)C. The lowest BCUT2D eigenvalue weighted by Crippen LogP contribution is -2.60. The van der Waals surface area contributed by atoms with Crippen molar-refractivity contribution in [3.8, 4) is 0 Å². The van der Waals surface area contributed by atoms with Crippen LogP contribution in [0.3, 0.4) is 0 Å². The van der Waals surface area contributed by atoms with Crippen LogP contribution in [-0.4, -0.2) is 12.6 Å². The van der Waals surface area contributed by atoms with Crippen LogP contribution in [0.2, 0.25) is 0 Å². The maximum absolute atomic E-state index is 3.52. The number of nitrogens with one attached hydrogen (secondary N) is 1. The summed E-state index contributed by atoms with van der Waals surface area (Å²) in [5, 5.41) is 3.52. The third-order valence-electron chi connectivity index (χ3n) is 3.11. The van der Waals surface area contributed by atoms with Crippen LogP contribution in [-0.2, 0) is 0 Å². The van der Waals surface area contributed by atoms with Crippen LogP contribution >= 0.6 is 0 Å². The third-order valence-corrected chi connectivity index (χ3v) is 3.11. The van der Waals surface area contributed by atoms with E-state index in [1.54, 1.807) is 0 Å². The maximum Gasteiger partial charge on any atom is 0.0136 e. The van der Waals surface area contributed by atoms with Gasteiger partial charge in [0.15, 0.2) is 0 Å². The molecule has 1 fully saturated rings. The molecule has 0 aliphatic carbocycles. The third kappa shape index (κ3) is 1.76. The first-order chi connectivity index (χ1) is 5.08. The predicted molar refractivity (Wildman–Crippen MR) is 49.6 cm³/mol. The zero-order chi connectivity index (χ0) is 8.48. The van der Waals surface area contributed by atoms with Gasteiger partial charge in [-0.25, -0.2) is 0 Å². The van der Waals surface area contributed by atoms with Crippen molar-refractivity contribution in [2.45, 2.75) is 46.6 Å². The molecule has 0 saturated carbocycles. The van der Waals surface area contributed by atoms with Gasteiger partial charge in [-0.15, -0.1) is 0 Å². The van der Waals surface area contributed by atoms with Crippen LogP contribution in [0.4, 0.5) is 0 Å². The monoisotopic (exact) mass is 155 g/mol. The van der Waals surface area contributed by atoms with E-state index in [0.717, 1.165) is 12.0 Å². The molecule has 1 nitrogen and oxygen atoms in total. The zero-order valence-electron chi connectivity index (χ0n) is 8.28. The van der Waals surface area contributed by atoms with E-state index < -0.39 is 0 Å². The van der Waals surface area contributed by atoms with Crippen molar-refractivity contribution in [2.24, 2.45) is 11.3 Å². The summed E-state index contributed by atoms with van der Waals surface area (Å²) >= 11 is 0. The molecule has 1 N–H and O–H groups in total. The van der Waals surface area contributed by atoms with Gasteiger partial charge in [-0.2, -0.15) is 0 Å². The predicted octanol–water partition coefficient (Wildman–Crippen LogP) is 2.42. The first-order valence-electron chi connectivity index (χ1n) is 4.82. The van der Waals surface area contributed by atoms with Crippen LogP contribution in [0, 0.1) is 11.3 Å². The molecule has 11 heavy (non-hydrogen) atoms. The molecule has 0 radical (unpaired) electrons. The van der Waals surface area contributed by atoms with Gasteiger partial charge in [-0.05, 0) is 24.2 Å². The molecule has 0 aromatic rings. The second-order valence-electron chi connectivity index (χ2n) is 4.57. The van der Waals surface area contributed by atoms with Crippen molar-refractivity contribution in [3.63, 3.8) is 0 Å². The highest BCUT2D eigenvalue weighted by Crippen LogP contribution is 2.35. The van der Waals surface area contributed by atoms with E-state index in [1.807, 2.05) is 0 Å². The molecule has 1 aliphatic rings. The molecule has 2 atom stereocenters. The minimum atomic E-state index is 0.601. The fourth-order valence-electron chi connectivity index (χ4n) is 1.81. The Hall–Kier alpha value is -0.0400. The van der Waals surface area contributed by atoms with Gasteiger partial charge >= 0.3 is 0 Å². The summed E-state index contributed by atoms with van der Waals surface area (Å²) in [6, 6.07) is 0.785. The minimum Gasteiger partial charge on any atom is -0.313 e. The molecule has 66 valence electrons. The van der Waals surface area contributed by atoms with E-state index in [9.17, 15) is 0 Å². The molecule has 0 bridgehead atoms. The van der Waals surface area contributed by atoms with Gasteiger partial charge in [-0.1, -0.05) is 27.7 Å². The van der Waals surface area contributed by atoms with Crippen molar-refractivity contribution in [1.29, 1.82) is 0 Å². The highest BCUT2D eigenvalue weighted by Gasteiger charge is 2.40. The Bertz CT molecular complexity index is 127. The Morgan fingerprint density at radius 1 is 1.55 bits per heavy atom. The van der Waals surface area contributed by atoms with Gasteiger partial charge in [-0.3, -0.25) is 0 Å². The molecule has 2 unspecified atom stereocenters. The average molecular weight is 155 g/mol. The molecular weight excluding hydrogens is 134 g/mol. The second-order valence-corrected chi connectivity index (χ2v) is 4.57. The molecule has 0 aromatic carbocycles. The van der Waals surface area contributed by atoms with Crippen molar-refractivity contribution < 1.29 is 0 Å². The molecule has 1 rings (SSSR count). The summed E-state index contributed by atoms with van der Waals surface area (Å²) in [6.45, 7) is 10.5. The lowest BCUT2D eigenvalue weighted by Gasteiger charge is -2.48.